The van der Waals surface area contributed by atoms with Crippen molar-refractivity contribution in [3.05, 3.63) is 35.9 Å². The van der Waals surface area contributed by atoms with Crippen LogP contribution in [0.4, 0.5) is 4.79 Å². The molecule has 4 amide bonds. The summed E-state index contributed by atoms with van der Waals surface area (Å²) in [6.07, 6.45) is 2.02. The molecule has 0 spiro atoms. The summed E-state index contributed by atoms with van der Waals surface area (Å²) < 4.78 is 0. The first kappa shape index (κ1) is 17.9. The molecule has 1 aliphatic rings. The summed E-state index contributed by atoms with van der Waals surface area (Å²) >= 11 is 0. The molecule has 0 radical (unpaired) electrons. The van der Waals surface area contributed by atoms with E-state index in [9.17, 15) is 14.4 Å². The minimum atomic E-state index is -0.723. The fraction of sp³-hybridized carbons (Fsp3) is 0.471. The molecule has 7 nitrogen and oxygen atoms in total. The first-order valence-corrected chi connectivity index (χ1v) is 8.14. The Morgan fingerprint density at radius 2 is 1.88 bits per heavy atom. The fourth-order valence-corrected chi connectivity index (χ4v) is 2.45. The first-order chi connectivity index (χ1) is 11.5. The molecule has 1 fully saturated rings. The lowest BCUT2D eigenvalue weighted by atomic mass is 10.0. The van der Waals surface area contributed by atoms with Crippen molar-refractivity contribution in [2.45, 2.75) is 31.8 Å². The summed E-state index contributed by atoms with van der Waals surface area (Å²) in [5.41, 5.74) is 0.723. The first-order valence-electron chi connectivity index (χ1n) is 8.14. The Bertz CT molecular complexity index is 587. The highest BCUT2D eigenvalue weighted by Crippen LogP contribution is 2.21. The number of nitrogens with one attached hydrogen (secondary N) is 3. The maximum absolute atomic E-state index is 12.5. The Balaban J connectivity index is 2.08. The molecule has 2 rings (SSSR count). The molecular weight excluding hydrogens is 308 g/mol. The zero-order valence-corrected chi connectivity index (χ0v) is 14.0. The molecular formula is C17H24N4O3. The summed E-state index contributed by atoms with van der Waals surface area (Å²) in [5.74, 6) is -0.583. The van der Waals surface area contributed by atoms with Crippen LogP contribution in [-0.2, 0) is 9.59 Å². The number of urea groups is 1. The molecule has 1 aromatic rings. The summed E-state index contributed by atoms with van der Waals surface area (Å²) in [5, 5.41) is 7.75. The molecule has 0 bridgehead atoms. The van der Waals surface area contributed by atoms with Crippen LogP contribution in [0.15, 0.2) is 30.3 Å². The van der Waals surface area contributed by atoms with E-state index in [0.717, 1.165) is 18.4 Å². The summed E-state index contributed by atoms with van der Waals surface area (Å²) in [6.45, 7) is 2.28. The van der Waals surface area contributed by atoms with Crippen molar-refractivity contribution in [3.63, 3.8) is 0 Å². The maximum atomic E-state index is 12.5. The van der Waals surface area contributed by atoms with E-state index in [4.69, 9.17) is 0 Å². The predicted octanol–water partition coefficient (Wildman–Crippen LogP) is 0.784. The topological polar surface area (TPSA) is 90.5 Å². The van der Waals surface area contributed by atoms with Gasteiger partial charge >= 0.3 is 6.03 Å². The van der Waals surface area contributed by atoms with Gasteiger partial charge < -0.3 is 10.6 Å². The number of carbonyl (C=O) groups is 3. The van der Waals surface area contributed by atoms with Crippen molar-refractivity contribution in [3.8, 4) is 0 Å². The zero-order chi connectivity index (χ0) is 17.5. The van der Waals surface area contributed by atoms with E-state index >= 15 is 0 Å². The largest absolute Gasteiger partial charge is 0.352 e. The van der Waals surface area contributed by atoms with E-state index in [2.05, 4.69) is 16.0 Å². The highest BCUT2D eigenvalue weighted by molar-refractivity contribution is 5.97. The lowest BCUT2D eigenvalue weighted by Crippen LogP contribution is -2.47. The quantitative estimate of drug-likeness (QED) is 0.688. The van der Waals surface area contributed by atoms with Crippen LogP contribution < -0.4 is 16.0 Å². The van der Waals surface area contributed by atoms with Gasteiger partial charge in [-0.25, -0.2) is 4.79 Å². The molecule has 1 aliphatic carbocycles. The van der Waals surface area contributed by atoms with E-state index in [0.29, 0.717) is 6.54 Å². The van der Waals surface area contributed by atoms with Gasteiger partial charge in [0.05, 0.1) is 6.54 Å². The zero-order valence-electron chi connectivity index (χ0n) is 14.0. The van der Waals surface area contributed by atoms with Crippen LogP contribution >= 0.6 is 0 Å². The maximum Gasteiger partial charge on any atom is 0.321 e. The van der Waals surface area contributed by atoms with Crippen LogP contribution in [0.1, 0.15) is 31.4 Å². The van der Waals surface area contributed by atoms with E-state index in [-0.39, 0.29) is 18.5 Å². The Kier molecular flexibility index (Phi) is 6.31. The lowest BCUT2D eigenvalue weighted by Gasteiger charge is -2.26. The SMILES string of the molecule is CCNC(=O)NC(=O)[C@H](c1ccccc1)N(C)CC(=O)NC1CC1. The smallest absolute Gasteiger partial charge is 0.321 e. The van der Waals surface area contributed by atoms with Gasteiger partial charge in [-0.1, -0.05) is 30.3 Å². The number of benzene rings is 1. The molecule has 0 unspecified atom stereocenters. The molecule has 3 N–H and O–H groups in total. The fourth-order valence-electron chi connectivity index (χ4n) is 2.45. The van der Waals surface area contributed by atoms with Gasteiger partial charge in [-0.2, -0.15) is 0 Å². The Morgan fingerprint density at radius 3 is 2.46 bits per heavy atom. The van der Waals surface area contributed by atoms with E-state index in [1.54, 1.807) is 31.0 Å². The molecule has 7 heteroatoms. The summed E-state index contributed by atoms with van der Waals surface area (Å²) in [7, 11) is 1.70. The van der Waals surface area contributed by atoms with Crippen LogP contribution in [0.5, 0.6) is 0 Å². The molecule has 1 aromatic carbocycles. The van der Waals surface area contributed by atoms with Crippen molar-refractivity contribution >= 4 is 17.8 Å². The average Bonchev–Trinajstić information content (AvgIpc) is 3.32. The van der Waals surface area contributed by atoms with Gasteiger partial charge in [-0.05, 0) is 32.4 Å². The van der Waals surface area contributed by atoms with E-state index in [1.807, 2.05) is 18.2 Å². The lowest BCUT2D eigenvalue weighted by molar-refractivity contribution is -0.127. The Morgan fingerprint density at radius 1 is 1.21 bits per heavy atom. The average molecular weight is 332 g/mol. The third-order valence-electron chi connectivity index (χ3n) is 3.71. The Labute approximate surface area is 141 Å². The minimum absolute atomic E-state index is 0.0822. The molecule has 0 heterocycles. The predicted molar refractivity (Wildman–Crippen MR) is 90.2 cm³/mol. The number of likely N-dealkylation sites (N-methyl/N-ethyl adjacent to an activating group) is 1. The van der Waals surface area contributed by atoms with Gasteiger partial charge in [0.2, 0.25) is 11.8 Å². The molecule has 0 aromatic heterocycles. The minimum Gasteiger partial charge on any atom is -0.352 e. The van der Waals surface area contributed by atoms with Crippen LogP contribution in [0.3, 0.4) is 0 Å². The van der Waals surface area contributed by atoms with Gasteiger partial charge in [-0.3, -0.25) is 19.8 Å². The number of amides is 4. The number of hydrogen-bond donors (Lipinski definition) is 3. The van der Waals surface area contributed by atoms with Crippen molar-refractivity contribution < 1.29 is 14.4 Å². The highest BCUT2D eigenvalue weighted by Gasteiger charge is 2.29. The third-order valence-corrected chi connectivity index (χ3v) is 3.71. The monoisotopic (exact) mass is 332 g/mol. The molecule has 1 atom stereocenters. The molecule has 0 saturated heterocycles. The number of carbonyl (C=O) groups excluding carboxylic acids is 3. The second-order valence-corrected chi connectivity index (χ2v) is 5.92. The van der Waals surface area contributed by atoms with Crippen LogP contribution in [0, 0.1) is 0 Å². The van der Waals surface area contributed by atoms with Crippen molar-refractivity contribution in [2.75, 3.05) is 20.1 Å². The van der Waals surface area contributed by atoms with Gasteiger partial charge in [-0.15, -0.1) is 0 Å². The summed E-state index contributed by atoms with van der Waals surface area (Å²) in [4.78, 5) is 37.9. The second kappa shape index (κ2) is 8.44. The standard InChI is InChI=1S/C17H24N4O3/c1-3-18-17(24)20-16(23)15(12-7-5-4-6-8-12)21(2)11-14(22)19-13-9-10-13/h4-8,13,15H,3,9-11H2,1-2H3,(H,19,22)(H2,18,20,23,24)/t15-/m0/s1. The van der Waals surface area contributed by atoms with Crippen molar-refractivity contribution in [1.29, 1.82) is 0 Å². The van der Waals surface area contributed by atoms with Crippen molar-refractivity contribution in [1.82, 2.24) is 20.9 Å². The highest BCUT2D eigenvalue weighted by atomic mass is 16.2. The number of imide groups is 1. The van der Waals surface area contributed by atoms with Gasteiger partial charge in [0.1, 0.15) is 6.04 Å². The van der Waals surface area contributed by atoms with Gasteiger partial charge in [0, 0.05) is 12.6 Å². The molecule has 130 valence electrons. The Hall–Kier alpha value is -2.41. The van der Waals surface area contributed by atoms with E-state index in [1.165, 1.54) is 0 Å². The molecule has 1 saturated carbocycles. The number of hydrogen-bond acceptors (Lipinski definition) is 4. The third kappa shape index (κ3) is 5.34. The summed E-state index contributed by atoms with van der Waals surface area (Å²) in [6, 6.07) is 8.10. The molecule has 0 aliphatic heterocycles. The van der Waals surface area contributed by atoms with Crippen LogP contribution in [-0.4, -0.2) is 48.9 Å². The molecule has 24 heavy (non-hydrogen) atoms. The van der Waals surface area contributed by atoms with Gasteiger partial charge in [0.25, 0.3) is 0 Å². The number of nitrogens with zero attached hydrogens (tertiary/aromatic N) is 1. The van der Waals surface area contributed by atoms with Gasteiger partial charge in [0.15, 0.2) is 0 Å². The van der Waals surface area contributed by atoms with E-state index < -0.39 is 18.0 Å². The second-order valence-electron chi connectivity index (χ2n) is 5.92. The van der Waals surface area contributed by atoms with Crippen LogP contribution in [0.25, 0.3) is 0 Å². The van der Waals surface area contributed by atoms with Crippen LogP contribution in [0.2, 0.25) is 0 Å². The number of rotatable bonds is 7. The normalized spacial score (nSPS) is 14.8. The van der Waals surface area contributed by atoms with Crippen molar-refractivity contribution in [2.24, 2.45) is 0 Å².